The number of pyridine rings is 1. The van der Waals surface area contributed by atoms with E-state index in [1.54, 1.807) is 56.6 Å². The third-order valence-corrected chi connectivity index (χ3v) is 6.59. The molecular formula is C22H24ClN5O3S2. The molecule has 0 spiro atoms. The summed E-state index contributed by atoms with van der Waals surface area (Å²) in [5.74, 6) is 0.368. The van der Waals surface area contributed by atoms with Crippen LogP contribution in [0.4, 0.5) is 16.2 Å². The normalized spacial score (nSPS) is 11.7. The van der Waals surface area contributed by atoms with Crippen molar-refractivity contribution in [3.8, 4) is 5.82 Å². The second kappa shape index (κ2) is 12.8. The number of aryl methyl sites for hydroxylation is 1. The quantitative estimate of drug-likeness (QED) is 0.499. The number of nitrogens with zero attached hydrogens (tertiary/aromatic N) is 2. The van der Waals surface area contributed by atoms with Gasteiger partial charge in [0.2, 0.25) is 0 Å². The Balaban J connectivity index is 2.18. The molecule has 8 nitrogen and oxygen atoms in total. The van der Waals surface area contributed by atoms with Crippen LogP contribution in [0.3, 0.4) is 0 Å². The van der Waals surface area contributed by atoms with Crippen LogP contribution in [-0.2, 0) is 11.0 Å². The van der Waals surface area contributed by atoms with Gasteiger partial charge in [-0.3, -0.25) is 14.1 Å². The van der Waals surface area contributed by atoms with Gasteiger partial charge in [0, 0.05) is 25.0 Å². The molecule has 1 atom stereocenters. The molecule has 0 fully saturated rings. The minimum Gasteiger partial charge on any atom is -0.388 e. The number of carbonyl (C=O) groups excluding carboxylic acids is 1. The zero-order valence-electron chi connectivity index (χ0n) is 18.3. The summed E-state index contributed by atoms with van der Waals surface area (Å²) in [4.78, 5) is 29.0. The van der Waals surface area contributed by atoms with Gasteiger partial charge in [-0.1, -0.05) is 42.1 Å². The summed E-state index contributed by atoms with van der Waals surface area (Å²) in [5, 5.41) is 5.58. The maximum Gasteiger partial charge on any atom is 0.331 e. The topological polar surface area (TPSA) is 105 Å². The first-order valence-electron chi connectivity index (χ1n) is 9.63. The Kier molecular flexibility index (Phi) is 10.2. The van der Waals surface area contributed by atoms with E-state index in [1.165, 1.54) is 16.8 Å². The number of hydrogen-bond donors (Lipinski definition) is 3. The summed E-state index contributed by atoms with van der Waals surface area (Å²) in [6.45, 7) is 7.28. The highest BCUT2D eigenvalue weighted by molar-refractivity contribution is 8.19. The summed E-state index contributed by atoms with van der Waals surface area (Å²) in [5.41, 5.74) is 1.87. The predicted molar refractivity (Wildman–Crippen MR) is 138 cm³/mol. The maximum absolute atomic E-state index is 12.6. The second-order valence-corrected chi connectivity index (χ2v) is 9.70. The van der Waals surface area contributed by atoms with Crippen LogP contribution in [0.5, 0.6) is 0 Å². The van der Waals surface area contributed by atoms with Crippen molar-refractivity contribution in [2.24, 2.45) is 0 Å². The van der Waals surface area contributed by atoms with E-state index in [-0.39, 0.29) is 9.80 Å². The molecule has 0 aliphatic rings. The Morgan fingerprint density at radius 3 is 2.64 bits per heavy atom. The van der Waals surface area contributed by atoms with E-state index < -0.39 is 17.0 Å². The van der Waals surface area contributed by atoms with Crippen molar-refractivity contribution in [1.29, 1.82) is 0 Å². The van der Waals surface area contributed by atoms with Crippen LogP contribution in [-0.4, -0.2) is 26.8 Å². The first-order chi connectivity index (χ1) is 15.7. The van der Waals surface area contributed by atoms with E-state index in [0.29, 0.717) is 15.9 Å². The van der Waals surface area contributed by atoms with E-state index in [2.05, 4.69) is 26.9 Å². The molecule has 0 aliphatic carbocycles. The van der Waals surface area contributed by atoms with E-state index in [1.807, 2.05) is 13.0 Å². The Morgan fingerprint density at radius 2 is 2.00 bits per heavy atom. The average Bonchev–Trinajstić information content (AvgIpc) is 2.78. The third kappa shape index (κ3) is 8.41. The van der Waals surface area contributed by atoms with Crippen LogP contribution in [0.25, 0.3) is 5.82 Å². The van der Waals surface area contributed by atoms with E-state index >= 15 is 0 Å². The molecule has 0 saturated carbocycles. The molecule has 0 radical (unpaired) electrons. The summed E-state index contributed by atoms with van der Waals surface area (Å²) in [7, 11) is -0.0357. The van der Waals surface area contributed by atoms with Gasteiger partial charge in [-0.25, -0.2) is 14.0 Å². The number of amides is 2. The standard InChI is InChI=1S/C22H24ClN5O3S2/c1-5-19(23)32-16(3)33(31)27-22(30)26-18-9-10-20(25-14-18)28-12-11-15(2)13-17(24-4)7-6-8-21(28)29/h5-14,24H,3H2,1-2,4H3,(H2,26,27,30)/b8-6?,12-11?,15-13?,17-7?,19-5-. The van der Waals surface area contributed by atoms with Crippen LogP contribution in [0.2, 0.25) is 0 Å². The summed E-state index contributed by atoms with van der Waals surface area (Å²) in [6, 6.07) is 11.1. The number of rotatable bonds is 7. The molecule has 11 heteroatoms. The van der Waals surface area contributed by atoms with Crippen LogP contribution in [0.15, 0.2) is 80.9 Å². The van der Waals surface area contributed by atoms with Gasteiger partial charge in [0.15, 0.2) is 11.0 Å². The van der Waals surface area contributed by atoms with Crippen LogP contribution in [0.1, 0.15) is 12.5 Å². The zero-order valence-corrected chi connectivity index (χ0v) is 20.7. The Bertz CT molecular complexity index is 1200. The molecular weight excluding hydrogens is 482 g/mol. The molecule has 2 rings (SSSR count). The molecule has 174 valence electrons. The summed E-state index contributed by atoms with van der Waals surface area (Å²) >= 11 is 6.86. The van der Waals surface area contributed by atoms with Crippen molar-refractivity contribution in [1.82, 2.24) is 14.3 Å². The van der Waals surface area contributed by atoms with Crippen molar-refractivity contribution in [3.63, 3.8) is 0 Å². The molecule has 0 aliphatic heterocycles. The number of carbonyl (C=O) groups is 1. The molecule has 0 bridgehead atoms. The monoisotopic (exact) mass is 505 g/mol. The van der Waals surface area contributed by atoms with Crippen molar-refractivity contribution < 1.29 is 9.00 Å². The van der Waals surface area contributed by atoms with Crippen LogP contribution >= 0.6 is 23.4 Å². The van der Waals surface area contributed by atoms with Gasteiger partial charge in [-0.15, -0.1) is 0 Å². The highest BCUT2D eigenvalue weighted by Gasteiger charge is 2.12. The van der Waals surface area contributed by atoms with Crippen molar-refractivity contribution in [2.45, 2.75) is 13.8 Å². The van der Waals surface area contributed by atoms with Gasteiger partial charge in [-0.05, 0) is 49.7 Å². The number of urea groups is 1. The highest BCUT2D eigenvalue weighted by Crippen LogP contribution is 2.28. The summed E-state index contributed by atoms with van der Waals surface area (Å²) < 4.78 is 16.4. The Labute approximate surface area is 204 Å². The summed E-state index contributed by atoms with van der Waals surface area (Å²) in [6.07, 6.45) is 4.64. The lowest BCUT2D eigenvalue weighted by Gasteiger charge is -2.09. The smallest absolute Gasteiger partial charge is 0.331 e. The molecule has 0 saturated heterocycles. The first-order valence-corrected chi connectivity index (χ1v) is 12.0. The number of anilines is 2. The number of thioether (sulfide) groups is 1. The van der Waals surface area contributed by atoms with Gasteiger partial charge >= 0.3 is 6.03 Å². The molecule has 33 heavy (non-hydrogen) atoms. The van der Waals surface area contributed by atoms with Crippen LogP contribution < -0.4 is 20.9 Å². The molecule has 2 heterocycles. The minimum absolute atomic E-state index is 0.185. The number of nitrogens with one attached hydrogen (secondary N) is 3. The van der Waals surface area contributed by atoms with Gasteiger partial charge in [0.05, 0.1) is 20.5 Å². The molecule has 2 aromatic heterocycles. The molecule has 2 amide bonds. The van der Waals surface area contributed by atoms with Crippen molar-refractivity contribution >= 4 is 51.8 Å². The second-order valence-electron chi connectivity index (χ2n) is 6.44. The molecule has 0 aromatic carbocycles. The lowest BCUT2D eigenvalue weighted by Crippen LogP contribution is -2.30. The highest BCUT2D eigenvalue weighted by atomic mass is 35.5. The van der Waals surface area contributed by atoms with E-state index in [4.69, 9.17) is 11.6 Å². The van der Waals surface area contributed by atoms with Gasteiger partial charge in [0.1, 0.15) is 5.82 Å². The van der Waals surface area contributed by atoms with E-state index in [0.717, 1.165) is 23.0 Å². The van der Waals surface area contributed by atoms with Gasteiger partial charge in [-0.2, -0.15) is 0 Å². The molecule has 1 unspecified atom stereocenters. The third-order valence-electron chi connectivity index (χ3n) is 3.99. The Hall–Kier alpha value is -3.08. The minimum atomic E-state index is -1.84. The predicted octanol–water partition coefficient (Wildman–Crippen LogP) is 4.80. The molecule has 3 N–H and O–H groups in total. The number of halogens is 1. The number of hydrogen-bond acceptors (Lipinski definition) is 6. The average molecular weight is 506 g/mol. The van der Waals surface area contributed by atoms with Gasteiger partial charge in [0.25, 0.3) is 5.56 Å². The first kappa shape index (κ1) is 26.2. The van der Waals surface area contributed by atoms with Gasteiger partial charge < -0.3 is 10.6 Å². The largest absolute Gasteiger partial charge is 0.388 e. The number of allylic oxidation sites excluding steroid dienone is 1. The lowest BCUT2D eigenvalue weighted by molar-refractivity contribution is 0.257. The fourth-order valence-corrected chi connectivity index (χ4v) is 4.15. The lowest BCUT2D eigenvalue weighted by atomic mass is 10.3. The fourth-order valence-electron chi connectivity index (χ4n) is 2.37. The van der Waals surface area contributed by atoms with E-state index in [9.17, 15) is 13.8 Å². The Morgan fingerprint density at radius 1 is 1.24 bits per heavy atom. The van der Waals surface area contributed by atoms with Crippen LogP contribution in [0, 0.1) is 6.92 Å². The number of aromatic nitrogens is 2. The molecule has 2 aromatic rings. The fraction of sp³-hybridized carbons (Fsp3) is 0.136. The maximum atomic E-state index is 12.6. The van der Waals surface area contributed by atoms with Crippen molar-refractivity contribution in [2.75, 3.05) is 17.7 Å². The SMILES string of the molecule is C=C(S/C(Cl)=C\C)S(=O)NC(=O)Nc1ccc(-n2ccc(C)cc(NC)cccc2=O)nc1. The van der Waals surface area contributed by atoms with Crippen molar-refractivity contribution in [3.05, 3.63) is 92.0 Å². The zero-order chi connectivity index (χ0) is 24.4.